The van der Waals surface area contributed by atoms with Gasteiger partial charge in [-0.05, 0) is 18.2 Å². The smallest absolute Gasteiger partial charge is 0.323 e. The summed E-state index contributed by atoms with van der Waals surface area (Å²) in [7, 11) is 1.26. The average molecular weight is 243 g/mol. The van der Waals surface area contributed by atoms with Crippen LogP contribution in [0.25, 0.3) is 0 Å². The molecule has 0 spiro atoms. The summed E-state index contributed by atoms with van der Waals surface area (Å²) in [6.07, 6.45) is 0. The number of phenolic OH excluding ortho intramolecular Hbond substituents is 2. The summed E-state index contributed by atoms with van der Waals surface area (Å²) >= 11 is 1.18. The van der Waals surface area contributed by atoms with Crippen molar-refractivity contribution in [3.63, 3.8) is 0 Å². The molecule has 0 bridgehead atoms. The summed E-state index contributed by atoms with van der Waals surface area (Å²) in [5.74, 6) is -0.150. The van der Waals surface area contributed by atoms with Gasteiger partial charge in [0.2, 0.25) is 0 Å². The van der Waals surface area contributed by atoms with Crippen molar-refractivity contribution in [2.24, 2.45) is 5.73 Å². The molecule has 0 amide bonds. The van der Waals surface area contributed by atoms with Crippen molar-refractivity contribution >= 4 is 17.7 Å². The van der Waals surface area contributed by atoms with Crippen LogP contribution < -0.4 is 5.73 Å². The van der Waals surface area contributed by atoms with E-state index in [-0.39, 0.29) is 17.3 Å². The van der Waals surface area contributed by atoms with E-state index in [9.17, 15) is 15.0 Å². The number of esters is 1. The predicted octanol–water partition coefficient (Wildman–Crippen LogP) is 0.690. The van der Waals surface area contributed by atoms with E-state index in [4.69, 9.17) is 5.73 Å². The number of hydrogen-bond donors (Lipinski definition) is 3. The van der Waals surface area contributed by atoms with Crippen LogP contribution in [0.2, 0.25) is 0 Å². The molecule has 1 rings (SSSR count). The lowest BCUT2D eigenvalue weighted by Gasteiger charge is -2.09. The highest BCUT2D eigenvalue weighted by molar-refractivity contribution is 7.99. The zero-order valence-corrected chi connectivity index (χ0v) is 9.53. The van der Waals surface area contributed by atoms with Gasteiger partial charge in [0.05, 0.1) is 12.0 Å². The maximum absolute atomic E-state index is 11.0. The summed E-state index contributed by atoms with van der Waals surface area (Å²) in [5, 5.41) is 18.7. The molecule has 1 aromatic carbocycles. The summed E-state index contributed by atoms with van der Waals surface area (Å²) < 4.78 is 4.47. The largest absolute Gasteiger partial charge is 0.508 e. The van der Waals surface area contributed by atoms with Gasteiger partial charge in [-0.3, -0.25) is 4.79 Å². The Bertz CT molecular complexity index is 383. The fourth-order valence-electron chi connectivity index (χ4n) is 1.02. The van der Waals surface area contributed by atoms with Crippen LogP contribution in [0.15, 0.2) is 23.1 Å². The molecule has 5 nitrogen and oxygen atoms in total. The van der Waals surface area contributed by atoms with Crippen molar-refractivity contribution in [3.05, 3.63) is 18.2 Å². The molecule has 0 saturated carbocycles. The van der Waals surface area contributed by atoms with Crippen LogP contribution in [-0.4, -0.2) is 35.1 Å². The number of carbonyl (C=O) groups is 1. The van der Waals surface area contributed by atoms with Crippen LogP contribution in [0, 0.1) is 0 Å². The molecule has 0 unspecified atom stereocenters. The van der Waals surface area contributed by atoms with Gasteiger partial charge in [-0.25, -0.2) is 0 Å². The maximum atomic E-state index is 11.0. The van der Waals surface area contributed by atoms with Crippen molar-refractivity contribution in [1.82, 2.24) is 0 Å². The molecular formula is C10H13NO4S. The van der Waals surface area contributed by atoms with Crippen molar-refractivity contribution in [1.29, 1.82) is 0 Å². The van der Waals surface area contributed by atoms with Gasteiger partial charge in [0.25, 0.3) is 0 Å². The van der Waals surface area contributed by atoms with E-state index in [1.54, 1.807) is 0 Å². The van der Waals surface area contributed by atoms with Crippen molar-refractivity contribution < 1.29 is 19.7 Å². The van der Waals surface area contributed by atoms with Crippen LogP contribution in [0.5, 0.6) is 11.5 Å². The number of benzene rings is 1. The topological polar surface area (TPSA) is 92.8 Å². The fourth-order valence-corrected chi connectivity index (χ4v) is 1.93. The molecule has 88 valence electrons. The van der Waals surface area contributed by atoms with Crippen LogP contribution >= 0.6 is 11.8 Å². The van der Waals surface area contributed by atoms with Gasteiger partial charge >= 0.3 is 5.97 Å². The molecule has 0 aromatic heterocycles. The van der Waals surface area contributed by atoms with Crippen LogP contribution in [0.4, 0.5) is 0 Å². The number of rotatable bonds is 4. The van der Waals surface area contributed by atoms with Gasteiger partial charge < -0.3 is 20.7 Å². The normalized spacial score (nSPS) is 12.1. The van der Waals surface area contributed by atoms with Gasteiger partial charge in [-0.2, -0.15) is 0 Å². The third-order valence-corrected chi connectivity index (χ3v) is 3.03. The van der Waals surface area contributed by atoms with E-state index >= 15 is 0 Å². The highest BCUT2D eigenvalue weighted by Crippen LogP contribution is 2.31. The van der Waals surface area contributed by atoms with E-state index in [1.807, 2.05) is 0 Å². The van der Waals surface area contributed by atoms with Crippen LogP contribution in [0.3, 0.4) is 0 Å². The Morgan fingerprint density at radius 3 is 2.88 bits per heavy atom. The lowest BCUT2D eigenvalue weighted by molar-refractivity contribution is -0.141. The van der Waals surface area contributed by atoms with Crippen molar-refractivity contribution in [2.45, 2.75) is 10.9 Å². The van der Waals surface area contributed by atoms with Crippen LogP contribution in [-0.2, 0) is 9.53 Å². The molecule has 1 aromatic rings. The number of methoxy groups -OCH3 is 1. The second-order valence-corrected chi connectivity index (χ2v) is 4.15. The van der Waals surface area contributed by atoms with E-state index < -0.39 is 12.0 Å². The van der Waals surface area contributed by atoms with E-state index in [0.717, 1.165) is 0 Å². The predicted molar refractivity (Wildman–Crippen MR) is 60.5 cm³/mol. The van der Waals surface area contributed by atoms with Gasteiger partial charge in [0, 0.05) is 5.75 Å². The minimum atomic E-state index is -0.753. The summed E-state index contributed by atoms with van der Waals surface area (Å²) in [5.41, 5.74) is 5.52. The Morgan fingerprint density at radius 1 is 1.56 bits per heavy atom. The molecule has 0 radical (unpaired) electrons. The molecule has 0 aliphatic rings. The number of phenols is 2. The number of carbonyl (C=O) groups excluding carboxylic acids is 1. The number of nitrogens with two attached hydrogens (primary N) is 1. The SMILES string of the molecule is COC(=O)[C@H](N)CSc1cc(O)ccc1O. The third kappa shape index (κ3) is 3.32. The van der Waals surface area contributed by atoms with E-state index in [2.05, 4.69) is 4.74 Å². The molecule has 6 heteroatoms. The lowest BCUT2D eigenvalue weighted by Crippen LogP contribution is -2.33. The molecule has 4 N–H and O–H groups in total. The molecule has 0 heterocycles. The average Bonchev–Trinajstić information content (AvgIpc) is 2.28. The Balaban J connectivity index is 2.60. The molecule has 16 heavy (non-hydrogen) atoms. The first-order valence-electron chi connectivity index (χ1n) is 4.52. The van der Waals surface area contributed by atoms with Gasteiger partial charge in [0.1, 0.15) is 17.5 Å². The Kier molecular flexibility index (Phi) is 4.45. The number of ether oxygens (including phenoxy) is 1. The molecule has 0 saturated heterocycles. The molecule has 1 atom stereocenters. The minimum Gasteiger partial charge on any atom is -0.508 e. The van der Waals surface area contributed by atoms with Crippen molar-refractivity contribution in [2.75, 3.05) is 12.9 Å². The third-order valence-electron chi connectivity index (χ3n) is 1.87. The maximum Gasteiger partial charge on any atom is 0.323 e. The fraction of sp³-hybridized carbons (Fsp3) is 0.300. The summed E-state index contributed by atoms with van der Waals surface area (Å²) in [6, 6.07) is 3.40. The number of thioether (sulfide) groups is 1. The first-order chi connectivity index (χ1) is 7.54. The Morgan fingerprint density at radius 2 is 2.25 bits per heavy atom. The van der Waals surface area contributed by atoms with E-state index in [1.165, 1.54) is 37.1 Å². The summed E-state index contributed by atoms with van der Waals surface area (Å²) in [6.45, 7) is 0. The molecule has 0 fully saturated rings. The standard InChI is InChI=1S/C10H13NO4S/c1-15-10(14)7(11)5-16-9-4-6(12)2-3-8(9)13/h2-4,7,12-13H,5,11H2,1H3/t7-/m1/s1. The van der Waals surface area contributed by atoms with Gasteiger partial charge in [-0.1, -0.05) is 0 Å². The first-order valence-corrected chi connectivity index (χ1v) is 5.51. The highest BCUT2D eigenvalue weighted by Gasteiger charge is 2.15. The monoisotopic (exact) mass is 243 g/mol. The highest BCUT2D eigenvalue weighted by atomic mass is 32.2. The number of aromatic hydroxyl groups is 2. The zero-order valence-electron chi connectivity index (χ0n) is 8.71. The minimum absolute atomic E-state index is 0.0415. The van der Waals surface area contributed by atoms with Gasteiger partial charge in [0.15, 0.2) is 0 Å². The van der Waals surface area contributed by atoms with E-state index in [0.29, 0.717) is 4.90 Å². The summed E-state index contributed by atoms with van der Waals surface area (Å²) in [4.78, 5) is 11.5. The molecule has 0 aliphatic carbocycles. The molecule has 0 aliphatic heterocycles. The van der Waals surface area contributed by atoms with Crippen LogP contribution in [0.1, 0.15) is 0 Å². The first kappa shape index (κ1) is 12.7. The number of hydrogen-bond acceptors (Lipinski definition) is 6. The quantitative estimate of drug-likeness (QED) is 0.409. The molecular weight excluding hydrogens is 230 g/mol. The van der Waals surface area contributed by atoms with Gasteiger partial charge in [-0.15, -0.1) is 11.8 Å². The Labute approximate surface area is 97.2 Å². The lowest BCUT2D eigenvalue weighted by atomic mass is 10.3. The Hall–Kier alpha value is -1.40. The second-order valence-electron chi connectivity index (χ2n) is 3.09. The zero-order chi connectivity index (χ0) is 12.1. The van der Waals surface area contributed by atoms with Crippen molar-refractivity contribution in [3.8, 4) is 11.5 Å². The second kappa shape index (κ2) is 5.62.